The molecule has 0 aliphatic heterocycles. The van der Waals surface area contributed by atoms with E-state index in [9.17, 15) is 9.90 Å². The molecule has 4 rings (SSSR count). The summed E-state index contributed by atoms with van der Waals surface area (Å²) in [5, 5.41) is 14.1. The third kappa shape index (κ3) is 4.12. The highest BCUT2D eigenvalue weighted by molar-refractivity contribution is 6.30. The summed E-state index contributed by atoms with van der Waals surface area (Å²) in [6.45, 7) is 0.387. The maximum atomic E-state index is 11.3. The molecule has 1 heterocycles. The van der Waals surface area contributed by atoms with Gasteiger partial charge in [-0.3, -0.25) is 0 Å². The molecule has 0 saturated heterocycles. The van der Waals surface area contributed by atoms with Crippen LogP contribution in [-0.2, 0) is 6.61 Å². The van der Waals surface area contributed by atoms with Gasteiger partial charge in [0.2, 0.25) is 0 Å². The molecule has 0 unspecified atom stereocenters. The average Bonchev–Trinajstić information content (AvgIpc) is 3.23. The molecule has 0 bridgehead atoms. The SMILES string of the molecule is O=C(O)c1cccc(-n2ncnc2-c2cc(Cl)ccc2OCc2ccccc2)c1. The molecule has 0 aliphatic carbocycles. The van der Waals surface area contributed by atoms with E-state index in [0.29, 0.717) is 34.5 Å². The fourth-order valence-corrected chi connectivity index (χ4v) is 3.10. The lowest BCUT2D eigenvalue weighted by Crippen LogP contribution is -2.04. The second-order valence-electron chi connectivity index (χ2n) is 6.27. The monoisotopic (exact) mass is 405 g/mol. The molecule has 0 aliphatic rings. The predicted molar refractivity (Wildman–Crippen MR) is 110 cm³/mol. The molecule has 29 heavy (non-hydrogen) atoms. The minimum atomic E-state index is -1.01. The summed E-state index contributed by atoms with van der Waals surface area (Å²) in [4.78, 5) is 15.7. The van der Waals surface area contributed by atoms with Crippen LogP contribution < -0.4 is 4.74 Å². The zero-order chi connectivity index (χ0) is 20.2. The Morgan fingerprint density at radius 2 is 1.86 bits per heavy atom. The quantitative estimate of drug-likeness (QED) is 0.495. The Kier molecular flexibility index (Phi) is 5.27. The fraction of sp³-hybridized carbons (Fsp3) is 0.0455. The number of hydrogen-bond acceptors (Lipinski definition) is 4. The van der Waals surface area contributed by atoms with Crippen LogP contribution in [0.4, 0.5) is 0 Å². The maximum Gasteiger partial charge on any atom is 0.335 e. The molecule has 1 aromatic heterocycles. The van der Waals surface area contributed by atoms with E-state index in [4.69, 9.17) is 16.3 Å². The summed E-state index contributed by atoms with van der Waals surface area (Å²) in [6.07, 6.45) is 1.41. The number of halogens is 1. The topological polar surface area (TPSA) is 77.2 Å². The van der Waals surface area contributed by atoms with Crippen LogP contribution in [0.15, 0.2) is 79.1 Å². The molecule has 6 nitrogen and oxygen atoms in total. The second-order valence-corrected chi connectivity index (χ2v) is 6.70. The minimum Gasteiger partial charge on any atom is -0.488 e. The van der Waals surface area contributed by atoms with Crippen molar-refractivity contribution >= 4 is 17.6 Å². The number of nitrogens with zero attached hydrogens (tertiary/aromatic N) is 3. The van der Waals surface area contributed by atoms with Gasteiger partial charge < -0.3 is 9.84 Å². The first kappa shape index (κ1) is 18.7. The summed E-state index contributed by atoms with van der Waals surface area (Å²) >= 11 is 6.23. The molecular formula is C22H16ClN3O3. The molecule has 0 radical (unpaired) electrons. The van der Waals surface area contributed by atoms with Crippen LogP contribution in [0.25, 0.3) is 17.1 Å². The number of aromatic carboxylic acids is 1. The van der Waals surface area contributed by atoms with Crippen LogP contribution >= 0.6 is 11.6 Å². The van der Waals surface area contributed by atoms with Crippen molar-refractivity contribution in [1.82, 2.24) is 14.8 Å². The number of carbonyl (C=O) groups is 1. The Morgan fingerprint density at radius 1 is 1.03 bits per heavy atom. The summed E-state index contributed by atoms with van der Waals surface area (Å²) in [5.74, 6) is 0.0862. The summed E-state index contributed by atoms with van der Waals surface area (Å²) in [6, 6.07) is 21.6. The molecule has 4 aromatic rings. The van der Waals surface area contributed by atoms with Gasteiger partial charge in [0.25, 0.3) is 0 Å². The van der Waals surface area contributed by atoms with E-state index < -0.39 is 5.97 Å². The Balaban J connectivity index is 1.73. The third-order valence-electron chi connectivity index (χ3n) is 4.31. The van der Waals surface area contributed by atoms with Crippen LogP contribution in [0.5, 0.6) is 5.75 Å². The first-order chi connectivity index (χ1) is 14.1. The number of rotatable bonds is 6. The van der Waals surface area contributed by atoms with E-state index in [-0.39, 0.29) is 5.56 Å². The van der Waals surface area contributed by atoms with Crippen molar-refractivity contribution in [3.63, 3.8) is 0 Å². The normalized spacial score (nSPS) is 10.7. The highest BCUT2D eigenvalue weighted by atomic mass is 35.5. The molecule has 1 N–H and O–H groups in total. The van der Waals surface area contributed by atoms with Crippen molar-refractivity contribution in [2.45, 2.75) is 6.61 Å². The van der Waals surface area contributed by atoms with Gasteiger partial charge in [-0.1, -0.05) is 48.0 Å². The smallest absolute Gasteiger partial charge is 0.335 e. The lowest BCUT2D eigenvalue weighted by molar-refractivity contribution is 0.0697. The summed E-state index contributed by atoms with van der Waals surface area (Å²) in [7, 11) is 0. The van der Waals surface area contributed by atoms with Crippen molar-refractivity contribution in [2.75, 3.05) is 0 Å². The first-order valence-electron chi connectivity index (χ1n) is 8.82. The zero-order valence-electron chi connectivity index (χ0n) is 15.2. The largest absolute Gasteiger partial charge is 0.488 e. The highest BCUT2D eigenvalue weighted by Gasteiger charge is 2.16. The van der Waals surface area contributed by atoms with Gasteiger partial charge in [-0.2, -0.15) is 5.10 Å². The standard InChI is InChI=1S/C22H16ClN3O3/c23-17-9-10-20(29-13-15-5-2-1-3-6-15)19(12-17)21-24-14-25-26(21)18-8-4-7-16(11-18)22(27)28/h1-12,14H,13H2,(H,27,28). The van der Waals surface area contributed by atoms with E-state index in [0.717, 1.165) is 5.56 Å². The van der Waals surface area contributed by atoms with Crippen LogP contribution in [0.1, 0.15) is 15.9 Å². The Bertz CT molecular complexity index is 1160. The van der Waals surface area contributed by atoms with Gasteiger partial charge >= 0.3 is 5.97 Å². The van der Waals surface area contributed by atoms with Crippen LogP contribution in [0.2, 0.25) is 5.02 Å². The van der Waals surface area contributed by atoms with Gasteiger partial charge in [0.15, 0.2) is 5.82 Å². The molecule has 0 fully saturated rings. The van der Waals surface area contributed by atoms with Gasteiger partial charge in [-0.25, -0.2) is 14.5 Å². The maximum absolute atomic E-state index is 11.3. The number of benzene rings is 3. The van der Waals surface area contributed by atoms with Crippen molar-refractivity contribution in [3.05, 3.63) is 95.3 Å². The Labute approximate surface area is 172 Å². The van der Waals surface area contributed by atoms with E-state index >= 15 is 0 Å². The van der Waals surface area contributed by atoms with Crippen molar-refractivity contribution in [2.24, 2.45) is 0 Å². The van der Waals surface area contributed by atoms with Crippen LogP contribution in [0, 0.1) is 0 Å². The second kappa shape index (κ2) is 8.16. The number of carboxylic acids is 1. The predicted octanol–water partition coefficient (Wildman–Crippen LogP) is 4.86. The zero-order valence-corrected chi connectivity index (χ0v) is 16.0. The molecule has 7 heteroatoms. The lowest BCUT2D eigenvalue weighted by atomic mass is 10.1. The molecular weight excluding hydrogens is 390 g/mol. The average molecular weight is 406 g/mol. The summed E-state index contributed by atoms with van der Waals surface area (Å²) in [5.41, 5.74) is 2.43. The molecule has 144 valence electrons. The van der Waals surface area contributed by atoms with Crippen molar-refractivity contribution in [3.8, 4) is 22.8 Å². The highest BCUT2D eigenvalue weighted by Crippen LogP contribution is 2.33. The van der Waals surface area contributed by atoms with Gasteiger partial charge in [-0.15, -0.1) is 0 Å². The van der Waals surface area contributed by atoms with E-state index in [1.165, 1.54) is 18.5 Å². The Hall–Kier alpha value is -3.64. The molecule has 0 saturated carbocycles. The number of aromatic nitrogens is 3. The van der Waals surface area contributed by atoms with Gasteiger partial charge in [0, 0.05) is 5.02 Å². The minimum absolute atomic E-state index is 0.163. The first-order valence-corrected chi connectivity index (χ1v) is 9.20. The number of ether oxygens (including phenoxy) is 1. The summed E-state index contributed by atoms with van der Waals surface area (Å²) < 4.78 is 7.58. The molecule has 0 atom stereocenters. The van der Waals surface area contributed by atoms with Crippen molar-refractivity contribution < 1.29 is 14.6 Å². The van der Waals surface area contributed by atoms with Crippen LogP contribution in [0.3, 0.4) is 0 Å². The van der Waals surface area contributed by atoms with Crippen LogP contribution in [-0.4, -0.2) is 25.8 Å². The third-order valence-corrected chi connectivity index (χ3v) is 4.54. The molecule has 0 amide bonds. The van der Waals surface area contributed by atoms with E-state index in [2.05, 4.69) is 10.1 Å². The van der Waals surface area contributed by atoms with Gasteiger partial charge in [-0.05, 0) is 42.0 Å². The van der Waals surface area contributed by atoms with E-state index in [1.54, 1.807) is 35.0 Å². The number of hydrogen-bond donors (Lipinski definition) is 1. The fourth-order valence-electron chi connectivity index (χ4n) is 2.92. The lowest BCUT2D eigenvalue weighted by Gasteiger charge is -2.13. The van der Waals surface area contributed by atoms with Gasteiger partial charge in [0.05, 0.1) is 16.8 Å². The van der Waals surface area contributed by atoms with Crippen molar-refractivity contribution in [1.29, 1.82) is 0 Å². The van der Waals surface area contributed by atoms with Gasteiger partial charge in [0.1, 0.15) is 18.7 Å². The Morgan fingerprint density at radius 3 is 2.66 bits per heavy atom. The number of carboxylic acid groups (broad SMARTS) is 1. The molecule has 0 spiro atoms. The van der Waals surface area contributed by atoms with E-state index in [1.807, 2.05) is 30.3 Å². The molecule has 3 aromatic carbocycles.